The predicted octanol–water partition coefficient (Wildman–Crippen LogP) is 3.75. The maximum absolute atomic E-state index is 11.2. The van der Waals surface area contributed by atoms with E-state index in [2.05, 4.69) is 20.4 Å². The lowest BCUT2D eigenvalue weighted by Crippen LogP contribution is -1.71. The lowest BCUT2D eigenvalue weighted by atomic mass is 10.2. The molecule has 0 rings (SSSR count). The van der Waals surface area contributed by atoms with Gasteiger partial charge in [-0.1, -0.05) is 31.6 Å². The molecule has 66 valence electrons. The highest BCUT2D eigenvalue weighted by Gasteiger charge is 1.73. The van der Waals surface area contributed by atoms with Gasteiger partial charge in [0.1, 0.15) is 6.67 Å². The van der Waals surface area contributed by atoms with Gasteiger partial charge >= 0.3 is 0 Å². The van der Waals surface area contributed by atoms with E-state index >= 15 is 0 Å². The van der Waals surface area contributed by atoms with Crippen LogP contribution in [0.25, 0.3) is 0 Å². The minimum absolute atomic E-state index is 0.331. The molecule has 0 N–H and O–H groups in total. The van der Waals surface area contributed by atoms with Crippen LogP contribution < -0.4 is 0 Å². The van der Waals surface area contributed by atoms with Crippen molar-refractivity contribution in [2.75, 3.05) is 6.67 Å². The van der Waals surface area contributed by atoms with Gasteiger partial charge in [-0.25, -0.2) is 4.39 Å². The van der Waals surface area contributed by atoms with Crippen LogP contribution >= 0.6 is 0 Å². The van der Waals surface area contributed by atoms with Gasteiger partial charge in [-0.15, -0.1) is 6.58 Å². The summed E-state index contributed by atoms with van der Waals surface area (Å²) in [5.74, 6) is 0.648. The molecular formula is C10H19F. The third-order valence-electron chi connectivity index (χ3n) is 0.957. The van der Waals surface area contributed by atoms with Crippen LogP contribution in [0.4, 0.5) is 4.39 Å². The molecule has 1 heteroatoms. The third kappa shape index (κ3) is 26.6. The van der Waals surface area contributed by atoms with Gasteiger partial charge in [-0.2, -0.15) is 0 Å². The van der Waals surface area contributed by atoms with Crippen LogP contribution in [0.5, 0.6) is 0 Å². The minimum atomic E-state index is -0.331. The average Bonchev–Trinajstić information content (AvgIpc) is 1.89. The van der Waals surface area contributed by atoms with E-state index in [1.165, 1.54) is 0 Å². The van der Waals surface area contributed by atoms with E-state index in [1.54, 1.807) is 6.08 Å². The quantitative estimate of drug-likeness (QED) is 0.537. The lowest BCUT2D eigenvalue weighted by Gasteiger charge is -1.84. The van der Waals surface area contributed by atoms with Crippen LogP contribution in [-0.2, 0) is 0 Å². The van der Waals surface area contributed by atoms with Crippen LogP contribution in [-0.4, -0.2) is 6.67 Å². The van der Waals surface area contributed by atoms with Crippen LogP contribution in [0.3, 0.4) is 0 Å². The molecule has 0 aromatic heterocycles. The highest BCUT2D eigenvalue weighted by molar-refractivity contribution is 4.92. The van der Waals surface area contributed by atoms with Crippen molar-refractivity contribution in [3.8, 4) is 0 Å². The first-order valence-corrected chi connectivity index (χ1v) is 3.86. The van der Waals surface area contributed by atoms with E-state index in [0.717, 1.165) is 5.57 Å². The predicted molar refractivity (Wildman–Crippen MR) is 50.4 cm³/mol. The van der Waals surface area contributed by atoms with E-state index in [4.69, 9.17) is 0 Å². The van der Waals surface area contributed by atoms with Gasteiger partial charge in [-0.05, 0) is 19.8 Å². The molecule has 0 saturated carbocycles. The number of hydrogen-bond acceptors (Lipinski definition) is 0. The molecule has 0 unspecified atom stereocenters. The number of rotatable bonds is 2. The van der Waals surface area contributed by atoms with E-state index < -0.39 is 0 Å². The smallest absolute Gasteiger partial charge is 0.108 e. The monoisotopic (exact) mass is 158 g/mol. The zero-order valence-electron chi connectivity index (χ0n) is 8.02. The van der Waals surface area contributed by atoms with E-state index in [9.17, 15) is 4.39 Å². The topological polar surface area (TPSA) is 0 Å². The zero-order valence-corrected chi connectivity index (χ0v) is 8.02. The molecular weight excluding hydrogens is 139 g/mol. The Bertz CT molecular complexity index is 108. The molecule has 0 spiro atoms. The molecule has 0 aliphatic heterocycles. The number of halogens is 1. The van der Waals surface area contributed by atoms with Gasteiger partial charge in [0.25, 0.3) is 0 Å². The standard InChI is InChI=1S/C5H9F.C5H10/c1-5(2)3-4-6;1-4-5(2)3/h3H,4H2,1-2H3;4-5H,1H2,2-3H3. The highest BCUT2D eigenvalue weighted by Crippen LogP contribution is 1.87. The summed E-state index contributed by atoms with van der Waals surface area (Å²) in [5, 5.41) is 0. The molecule has 0 fully saturated rings. The molecule has 0 heterocycles. The Balaban J connectivity index is 0. The fourth-order valence-electron chi connectivity index (χ4n) is 0.154. The zero-order chi connectivity index (χ0) is 9.28. The maximum Gasteiger partial charge on any atom is 0.108 e. The van der Waals surface area contributed by atoms with Crippen LogP contribution in [0, 0.1) is 5.92 Å². The highest BCUT2D eigenvalue weighted by atomic mass is 19.1. The van der Waals surface area contributed by atoms with Crippen LogP contribution in [0.1, 0.15) is 27.7 Å². The molecule has 0 bridgehead atoms. The van der Waals surface area contributed by atoms with Crippen molar-refractivity contribution in [1.82, 2.24) is 0 Å². The summed E-state index contributed by atoms with van der Waals surface area (Å²) < 4.78 is 11.2. The second-order valence-corrected chi connectivity index (χ2v) is 2.92. The molecule has 0 aliphatic rings. The maximum atomic E-state index is 11.2. The molecule has 0 aliphatic carbocycles. The first-order chi connectivity index (χ1) is 5.04. The molecule has 0 aromatic rings. The first-order valence-electron chi connectivity index (χ1n) is 3.86. The Morgan fingerprint density at radius 1 is 1.45 bits per heavy atom. The Kier molecular flexibility index (Phi) is 11.1. The van der Waals surface area contributed by atoms with Gasteiger partial charge in [0, 0.05) is 0 Å². The second-order valence-electron chi connectivity index (χ2n) is 2.92. The number of allylic oxidation sites excluding steroid dienone is 3. The minimum Gasteiger partial charge on any atom is -0.247 e. The largest absolute Gasteiger partial charge is 0.247 e. The summed E-state index contributed by atoms with van der Waals surface area (Å²) in [6, 6.07) is 0. The van der Waals surface area contributed by atoms with Crippen molar-refractivity contribution < 1.29 is 4.39 Å². The lowest BCUT2D eigenvalue weighted by molar-refractivity contribution is 0.560. The number of hydrogen-bond donors (Lipinski definition) is 0. The second kappa shape index (κ2) is 9.41. The summed E-state index contributed by atoms with van der Waals surface area (Å²) in [5.41, 5.74) is 1.04. The van der Waals surface area contributed by atoms with Gasteiger partial charge in [0.05, 0.1) is 0 Å². The van der Waals surface area contributed by atoms with Crippen molar-refractivity contribution in [2.24, 2.45) is 5.92 Å². The Morgan fingerprint density at radius 3 is 1.82 bits per heavy atom. The summed E-state index contributed by atoms with van der Waals surface area (Å²) >= 11 is 0. The normalized spacial score (nSPS) is 8.18. The fourth-order valence-corrected chi connectivity index (χ4v) is 0.154. The molecule has 0 nitrogen and oxygen atoms in total. The fraction of sp³-hybridized carbons (Fsp3) is 0.600. The Morgan fingerprint density at radius 2 is 1.82 bits per heavy atom. The third-order valence-corrected chi connectivity index (χ3v) is 0.957. The molecule has 0 saturated heterocycles. The first kappa shape index (κ1) is 13.0. The van der Waals surface area contributed by atoms with Crippen molar-refractivity contribution >= 4 is 0 Å². The molecule has 11 heavy (non-hydrogen) atoms. The SMILES string of the molecule is C=CC(C)C.CC(C)=CCF. The molecule has 0 amide bonds. The van der Waals surface area contributed by atoms with E-state index in [1.807, 2.05) is 19.9 Å². The van der Waals surface area contributed by atoms with Gasteiger partial charge in [0.2, 0.25) is 0 Å². The van der Waals surface area contributed by atoms with Gasteiger partial charge in [0.15, 0.2) is 0 Å². The molecule has 0 atom stereocenters. The summed E-state index contributed by atoms with van der Waals surface area (Å²) in [6.45, 7) is 11.2. The van der Waals surface area contributed by atoms with Crippen LogP contribution in [0.2, 0.25) is 0 Å². The van der Waals surface area contributed by atoms with Gasteiger partial charge < -0.3 is 0 Å². The summed E-state index contributed by atoms with van der Waals surface area (Å²) in [7, 11) is 0. The van der Waals surface area contributed by atoms with Crippen molar-refractivity contribution in [3.63, 3.8) is 0 Å². The van der Waals surface area contributed by atoms with Crippen LogP contribution in [0.15, 0.2) is 24.3 Å². The van der Waals surface area contributed by atoms with Crippen molar-refractivity contribution in [3.05, 3.63) is 24.3 Å². The van der Waals surface area contributed by atoms with E-state index in [-0.39, 0.29) is 6.67 Å². The van der Waals surface area contributed by atoms with Crippen molar-refractivity contribution in [1.29, 1.82) is 0 Å². The van der Waals surface area contributed by atoms with Crippen molar-refractivity contribution in [2.45, 2.75) is 27.7 Å². The molecule has 0 radical (unpaired) electrons. The molecule has 0 aromatic carbocycles. The average molecular weight is 158 g/mol. The van der Waals surface area contributed by atoms with E-state index in [0.29, 0.717) is 5.92 Å². The Hall–Kier alpha value is -0.590. The number of alkyl halides is 1. The summed E-state index contributed by atoms with van der Waals surface area (Å²) in [6.07, 6.45) is 3.46. The Labute approximate surface area is 69.8 Å². The van der Waals surface area contributed by atoms with Gasteiger partial charge in [-0.3, -0.25) is 0 Å². The summed E-state index contributed by atoms with van der Waals surface area (Å²) in [4.78, 5) is 0.